The fraction of sp³-hybridized carbons (Fsp3) is 0.0952. The van der Waals surface area contributed by atoms with E-state index in [0.717, 1.165) is 15.9 Å². The first-order chi connectivity index (χ1) is 14.8. The third-order valence-corrected chi connectivity index (χ3v) is 6.43. The number of para-hydroxylation sites is 2. The van der Waals surface area contributed by atoms with Gasteiger partial charge in [-0.15, -0.1) is 11.3 Å². The van der Waals surface area contributed by atoms with Crippen LogP contribution in [0.2, 0.25) is 15.1 Å². The lowest BCUT2D eigenvalue weighted by molar-refractivity contribution is -0.119. The van der Waals surface area contributed by atoms with E-state index in [4.69, 9.17) is 39.5 Å². The summed E-state index contributed by atoms with van der Waals surface area (Å²) in [6, 6.07) is 13.8. The Morgan fingerprint density at radius 3 is 2.45 bits per heavy atom. The van der Waals surface area contributed by atoms with Gasteiger partial charge in [0.1, 0.15) is 9.71 Å². The molecule has 0 saturated heterocycles. The summed E-state index contributed by atoms with van der Waals surface area (Å²) in [5.41, 5.74) is 1.72. The van der Waals surface area contributed by atoms with E-state index in [-0.39, 0.29) is 15.7 Å². The summed E-state index contributed by atoms with van der Waals surface area (Å²) in [5, 5.41) is 8.99. The van der Waals surface area contributed by atoms with E-state index in [1.165, 1.54) is 11.3 Å². The third kappa shape index (κ3) is 4.41. The summed E-state index contributed by atoms with van der Waals surface area (Å²) in [7, 11) is 0. The zero-order chi connectivity index (χ0) is 22.1. The molecule has 4 aromatic rings. The molecule has 0 spiro atoms. The van der Waals surface area contributed by atoms with Crippen LogP contribution < -0.4 is 5.32 Å². The Kier molecular flexibility index (Phi) is 6.20. The number of benzene rings is 2. The van der Waals surface area contributed by atoms with Crippen molar-refractivity contribution in [1.82, 2.24) is 9.78 Å². The Labute approximate surface area is 196 Å². The molecule has 0 atom stereocenters. The lowest BCUT2D eigenvalue weighted by Crippen LogP contribution is -2.21. The van der Waals surface area contributed by atoms with Crippen molar-refractivity contribution in [2.45, 2.75) is 6.92 Å². The molecule has 158 valence electrons. The van der Waals surface area contributed by atoms with Gasteiger partial charge in [-0.05, 0) is 37.3 Å². The summed E-state index contributed by atoms with van der Waals surface area (Å²) >= 11 is 19.6. The van der Waals surface area contributed by atoms with Gasteiger partial charge in [-0.3, -0.25) is 4.79 Å². The van der Waals surface area contributed by atoms with Crippen molar-refractivity contribution in [3.8, 4) is 5.69 Å². The molecule has 0 aliphatic carbocycles. The monoisotopic (exact) mass is 493 g/mol. The molecule has 1 amide bonds. The van der Waals surface area contributed by atoms with E-state index in [0.29, 0.717) is 15.6 Å². The highest BCUT2D eigenvalue weighted by atomic mass is 35.5. The summed E-state index contributed by atoms with van der Waals surface area (Å²) in [6.45, 7) is 1.36. The number of hydrogen-bond acceptors (Lipinski definition) is 5. The quantitative estimate of drug-likeness (QED) is 0.338. The predicted molar refractivity (Wildman–Crippen MR) is 124 cm³/mol. The Morgan fingerprint density at radius 1 is 1.06 bits per heavy atom. The number of aromatic nitrogens is 2. The van der Waals surface area contributed by atoms with Crippen LogP contribution in [0.4, 0.5) is 5.69 Å². The molecule has 0 aliphatic rings. The number of thiophene rings is 1. The summed E-state index contributed by atoms with van der Waals surface area (Å²) in [6.07, 6.45) is 0. The van der Waals surface area contributed by atoms with E-state index in [9.17, 15) is 9.59 Å². The Bertz CT molecular complexity index is 1300. The first-order valence-corrected chi connectivity index (χ1v) is 10.9. The van der Waals surface area contributed by atoms with Gasteiger partial charge < -0.3 is 10.1 Å². The number of esters is 1. The SMILES string of the molecule is Cc1nn(-c2ccccc2Cl)c2sc(C(=O)OCC(=O)Nc3c(Cl)cccc3Cl)cc12. The first kappa shape index (κ1) is 21.6. The molecule has 0 saturated carbocycles. The number of aryl methyl sites for hydroxylation is 1. The van der Waals surface area contributed by atoms with Crippen molar-refractivity contribution < 1.29 is 14.3 Å². The maximum Gasteiger partial charge on any atom is 0.348 e. The average Bonchev–Trinajstić information content (AvgIpc) is 3.30. The number of fused-ring (bicyclic) bond motifs is 1. The molecule has 10 heteroatoms. The zero-order valence-corrected chi connectivity index (χ0v) is 19.1. The van der Waals surface area contributed by atoms with Gasteiger partial charge in [0.2, 0.25) is 0 Å². The van der Waals surface area contributed by atoms with Crippen LogP contribution in [-0.4, -0.2) is 28.3 Å². The molecule has 0 radical (unpaired) electrons. The lowest BCUT2D eigenvalue weighted by Gasteiger charge is -2.09. The minimum absolute atomic E-state index is 0.268. The standard InChI is InChI=1S/C21H14Cl3N3O3S/c1-11-12-9-17(31-20(12)27(26-11)16-8-3-2-5-13(16)22)21(29)30-10-18(28)25-19-14(23)6-4-7-15(19)24/h2-9H,10H2,1H3,(H,25,28). The van der Waals surface area contributed by atoms with E-state index < -0.39 is 18.5 Å². The molecular weight excluding hydrogens is 481 g/mol. The van der Waals surface area contributed by atoms with Crippen molar-refractivity contribution in [1.29, 1.82) is 0 Å². The van der Waals surface area contributed by atoms with Crippen LogP contribution in [0.3, 0.4) is 0 Å². The van der Waals surface area contributed by atoms with Crippen LogP contribution in [0.25, 0.3) is 15.9 Å². The van der Waals surface area contributed by atoms with Crippen LogP contribution in [0.1, 0.15) is 15.4 Å². The van der Waals surface area contributed by atoms with Gasteiger partial charge in [-0.1, -0.05) is 53.0 Å². The molecular formula is C21H14Cl3N3O3S. The fourth-order valence-electron chi connectivity index (χ4n) is 2.93. The maximum absolute atomic E-state index is 12.5. The summed E-state index contributed by atoms with van der Waals surface area (Å²) in [4.78, 5) is 25.8. The van der Waals surface area contributed by atoms with E-state index >= 15 is 0 Å². The number of nitrogens with zero attached hydrogens (tertiary/aromatic N) is 2. The highest BCUT2D eigenvalue weighted by Crippen LogP contribution is 2.33. The minimum atomic E-state index is -0.619. The van der Waals surface area contributed by atoms with Gasteiger partial charge in [-0.2, -0.15) is 5.10 Å². The van der Waals surface area contributed by atoms with Crippen LogP contribution in [-0.2, 0) is 9.53 Å². The molecule has 2 aromatic carbocycles. The molecule has 2 aromatic heterocycles. The second-order valence-electron chi connectivity index (χ2n) is 6.50. The molecule has 0 fully saturated rings. The molecule has 2 heterocycles. The van der Waals surface area contributed by atoms with Crippen LogP contribution in [0, 0.1) is 6.92 Å². The topological polar surface area (TPSA) is 73.2 Å². The summed E-state index contributed by atoms with van der Waals surface area (Å²) < 4.78 is 6.86. The maximum atomic E-state index is 12.5. The number of carbonyl (C=O) groups excluding carboxylic acids is 2. The third-order valence-electron chi connectivity index (χ3n) is 4.39. The van der Waals surface area contributed by atoms with Crippen LogP contribution >= 0.6 is 46.1 Å². The molecule has 4 rings (SSSR count). The number of ether oxygens (including phenoxy) is 1. The highest BCUT2D eigenvalue weighted by molar-refractivity contribution is 7.20. The second-order valence-corrected chi connectivity index (χ2v) is 8.75. The predicted octanol–water partition coefficient (Wildman–Crippen LogP) is 6.15. The fourth-order valence-corrected chi connectivity index (χ4v) is 4.71. The first-order valence-electron chi connectivity index (χ1n) is 9.00. The van der Waals surface area contributed by atoms with Gasteiger partial charge in [0.15, 0.2) is 6.61 Å². The van der Waals surface area contributed by atoms with E-state index in [1.807, 2.05) is 25.1 Å². The zero-order valence-electron chi connectivity index (χ0n) is 16.0. The van der Waals surface area contributed by atoms with Gasteiger partial charge in [0.25, 0.3) is 5.91 Å². The van der Waals surface area contributed by atoms with Crippen molar-refractivity contribution in [3.05, 3.63) is 74.2 Å². The van der Waals surface area contributed by atoms with Crippen molar-refractivity contribution in [2.24, 2.45) is 0 Å². The van der Waals surface area contributed by atoms with Gasteiger partial charge in [0, 0.05) is 5.39 Å². The van der Waals surface area contributed by atoms with Crippen molar-refractivity contribution >= 4 is 73.9 Å². The molecule has 1 N–H and O–H groups in total. The molecule has 0 bridgehead atoms. The molecule has 0 aliphatic heterocycles. The van der Waals surface area contributed by atoms with Crippen molar-refractivity contribution in [3.63, 3.8) is 0 Å². The molecule has 31 heavy (non-hydrogen) atoms. The van der Waals surface area contributed by atoms with Crippen LogP contribution in [0.5, 0.6) is 0 Å². The Hall–Kier alpha value is -2.58. The normalized spacial score (nSPS) is 11.0. The number of anilines is 1. The number of hydrogen-bond donors (Lipinski definition) is 1. The van der Waals surface area contributed by atoms with Gasteiger partial charge in [-0.25, -0.2) is 9.48 Å². The smallest absolute Gasteiger partial charge is 0.348 e. The largest absolute Gasteiger partial charge is 0.451 e. The Balaban J connectivity index is 1.50. The van der Waals surface area contributed by atoms with Crippen molar-refractivity contribution in [2.75, 3.05) is 11.9 Å². The van der Waals surface area contributed by atoms with E-state index in [2.05, 4.69) is 10.4 Å². The lowest BCUT2D eigenvalue weighted by atomic mass is 10.3. The Morgan fingerprint density at radius 2 is 1.74 bits per heavy atom. The number of rotatable bonds is 5. The molecule has 0 unspecified atom stereocenters. The molecule has 6 nitrogen and oxygen atoms in total. The average molecular weight is 495 g/mol. The number of nitrogens with one attached hydrogen (secondary N) is 1. The van der Waals surface area contributed by atoms with Gasteiger partial charge >= 0.3 is 5.97 Å². The van der Waals surface area contributed by atoms with Gasteiger partial charge in [0.05, 0.1) is 32.1 Å². The second kappa shape index (κ2) is 8.88. The number of amides is 1. The highest BCUT2D eigenvalue weighted by Gasteiger charge is 2.20. The van der Waals surface area contributed by atoms with E-state index in [1.54, 1.807) is 35.0 Å². The summed E-state index contributed by atoms with van der Waals surface area (Å²) in [5.74, 6) is -1.17. The number of halogens is 3. The van der Waals surface area contributed by atoms with Crippen LogP contribution in [0.15, 0.2) is 48.5 Å². The minimum Gasteiger partial charge on any atom is -0.451 e. The number of carbonyl (C=O) groups is 2.